The van der Waals surface area contributed by atoms with E-state index in [1.54, 1.807) is 47.3 Å². The van der Waals surface area contributed by atoms with E-state index in [9.17, 15) is 14.0 Å². The number of carbonyl (C=O) groups excluding carboxylic acids is 1. The molecule has 2 aromatic heterocycles. The van der Waals surface area contributed by atoms with Crippen molar-refractivity contribution >= 4 is 16.9 Å². The summed E-state index contributed by atoms with van der Waals surface area (Å²) in [6, 6.07) is 11.9. The summed E-state index contributed by atoms with van der Waals surface area (Å²) in [6.07, 6.45) is 4.73. The minimum atomic E-state index is -0.410. The summed E-state index contributed by atoms with van der Waals surface area (Å²) < 4.78 is 17.2. The van der Waals surface area contributed by atoms with Crippen molar-refractivity contribution < 1.29 is 9.18 Å². The fraction of sp³-hybridized carbons (Fsp3) is 0.105. The Hall–Kier alpha value is -3.68. The zero-order chi connectivity index (χ0) is 18.8. The molecule has 2 aromatic carbocycles. The third-order valence-corrected chi connectivity index (χ3v) is 4.27. The lowest BCUT2D eigenvalue weighted by Crippen LogP contribution is -2.31. The number of imidazole rings is 2. The Morgan fingerprint density at radius 2 is 2.07 bits per heavy atom. The number of para-hydroxylation sites is 2. The Balaban J connectivity index is 1.44. The lowest BCUT2D eigenvalue weighted by molar-refractivity contribution is -0.121. The summed E-state index contributed by atoms with van der Waals surface area (Å²) >= 11 is 0. The molecular formula is C19H16FN5O2. The normalized spacial score (nSPS) is 11.0. The molecule has 8 heteroatoms. The van der Waals surface area contributed by atoms with E-state index in [2.05, 4.69) is 15.3 Å². The van der Waals surface area contributed by atoms with Gasteiger partial charge in [-0.05, 0) is 29.8 Å². The molecule has 0 aliphatic carbocycles. The predicted octanol–water partition coefficient (Wildman–Crippen LogP) is 1.97. The Kier molecular flexibility index (Phi) is 4.29. The van der Waals surface area contributed by atoms with Gasteiger partial charge in [-0.2, -0.15) is 0 Å². The second-order valence-corrected chi connectivity index (χ2v) is 6.07. The lowest BCUT2D eigenvalue weighted by atomic mass is 10.2. The first kappa shape index (κ1) is 16.8. The number of nitrogens with one attached hydrogen (secondary N) is 2. The molecule has 0 fully saturated rings. The van der Waals surface area contributed by atoms with Crippen molar-refractivity contribution in [3.63, 3.8) is 0 Å². The van der Waals surface area contributed by atoms with E-state index in [0.717, 1.165) is 0 Å². The average molecular weight is 365 g/mol. The fourth-order valence-electron chi connectivity index (χ4n) is 2.94. The molecular weight excluding hydrogens is 349 g/mol. The number of aromatic nitrogens is 4. The van der Waals surface area contributed by atoms with Gasteiger partial charge in [0.1, 0.15) is 12.4 Å². The molecule has 7 nitrogen and oxygen atoms in total. The highest BCUT2D eigenvalue weighted by Gasteiger charge is 2.11. The largest absolute Gasteiger partial charge is 0.350 e. The number of H-pyrrole nitrogens is 1. The fourth-order valence-corrected chi connectivity index (χ4v) is 2.94. The number of nitrogens with zero attached hydrogens (tertiary/aromatic N) is 3. The Morgan fingerprint density at radius 3 is 2.85 bits per heavy atom. The Labute approximate surface area is 153 Å². The number of halogens is 1. The number of fused-ring (bicyclic) bond motifs is 1. The molecule has 0 unspecified atom stereocenters. The third kappa shape index (κ3) is 3.37. The maximum absolute atomic E-state index is 14.3. The van der Waals surface area contributed by atoms with Crippen molar-refractivity contribution in [3.8, 4) is 5.69 Å². The topological polar surface area (TPSA) is 84.7 Å². The first-order chi connectivity index (χ1) is 13.1. The van der Waals surface area contributed by atoms with Crippen molar-refractivity contribution in [2.24, 2.45) is 0 Å². The Bertz CT molecular complexity index is 1160. The quantitative estimate of drug-likeness (QED) is 0.567. The predicted molar refractivity (Wildman–Crippen MR) is 97.9 cm³/mol. The first-order valence-corrected chi connectivity index (χ1v) is 8.33. The minimum absolute atomic E-state index is 0.113. The van der Waals surface area contributed by atoms with E-state index in [4.69, 9.17) is 0 Å². The number of hydrogen-bond donors (Lipinski definition) is 2. The average Bonchev–Trinajstić information content (AvgIpc) is 3.29. The van der Waals surface area contributed by atoms with Gasteiger partial charge in [0, 0.05) is 18.9 Å². The number of aromatic amines is 1. The number of carbonyl (C=O) groups is 1. The molecule has 0 spiro atoms. The molecule has 4 rings (SSSR count). The van der Waals surface area contributed by atoms with Gasteiger partial charge in [0.05, 0.1) is 23.0 Å². The van der Waals surface area contributed by atoms with E-state index in [1.165, 1.54) is 17.0 Å². The Morgan fingerprint density at radius 1 is 1.22 bits per heavy atom. The molecule has 0 aliphatic heterocycles. The maximum atomic E-state index is 14.3. The molecule has 0 aliphatic rings. The third-order valence-electron chi connectivity index (χ3n) is 4.27. The van der Waals surface area contributed by atoms with Crippen molar-refractivity contribution in [2.75, 3.05) is 0 Å². The van der Waals surface area contributed by atoms with Crippen LogP contribution in [0.1, 0.15) is 5.56 Å². The van der Waals surface area contributed by atoms with Crippen molar-refractivity contribution in [3.05, 3.63) is 83.1 Å². The smallest absolute Gasteiger partial charge is 0.326 e. The van der Waals surface area contributed by atoms with Crippen LogP contribution in [0.5, 0.6) is 0 Å². The molecule has 0 saturated heterocycles. The maximum Gasteiger partial charge on any atom is 0.326 e. The zero-order valence-corrected chi connectivity index (χ0v) is 14.2. The number of amides is 1. The van der Waals surface area contributed by atoms with Crippen molar-refractivity contribution in [1.29, 1.82) is 0 Å². The van der Waals surface area contributed by atoms with Gasteiger partial charge in [-0.25, -0.2) is 14.2 Å². The molecule has 0 saturated carbocycles. The summed E-state index contributed by atoms with van der Waals surface area (Å²) in [4.78, 5) is 30.8. The van der Waals surface area contributed by atoms with E-state index < -0.39 is 5.82 Å². The van der Waals surface area contributed by atoms with E-state index in [1.807, 2.05) is 6.07 Å². The van der Waals surface area contributed by atoms with Crippen molar-refractivity contribution in [1.82, 2.24) is 24.4 Å². The molecule has 2 heterocycles. The monoisotopic (exact) mass is 365 g/mol. The van der Waals surface area contributed by atoms with Crippen LogP contribution in [0.4, 0.5) is 4.39 Å². The van der Waals surface area contributed by atoms with Crippen LogP contribution in [0.2, 0.25) is 0 Å². The molecule has 0 bridgehead atoms. The SMILES string of the molecule is O=C(Cn1c(=O)[nH]c2ccccc21)NCc1ccc(-n2ccnc2)c(F)c1. The van der Waals surface area contributed by atoms with Gasteiger partial charge in [-0.15, -0.1) is 0 Å². The van der Waals surface area contributed by atoms with Crippen LogP contribution in [-0.2, 0) is 17.9 Å². The molecule has 27 heavy (non-hydrogen) atoms. The van der Waals surface area contributed by atoms with Gasteiger partial charge in [-0.1, -0.05) is 18.2 Å². The van der Waals surface area contributed by atoms with E-state index >= 15 is 0 Å². The molecule has 0 radical (unpaired) electrons. The zero-order valence-electron chi connectivity index (χ0n) is 14.2. The molecule has 4 aromatic rings. The highest BCUT2D eigenvalue weighted by atomic mass is 19.1. The second-order valence-electron chi connectivity index (χ2n) is 6.07. The number of benzene rings is 2. The van der Waals surface area contributed by atoms with Gasteiger partial charge < -0.3 is 14.9 Å². The van der Waals surface area contributed by atoms with Crippen LogP contribution in [0, 0.1) is 5.82 Å². The highest BCUT2D eigenvalue weighted by Crippen LogP contribution is 2.15. The van der Waals surface area contributed by atoms with Gasteiger partial charge in [0.25, 0.3) is 0 Å². The first-order valence-electron chi connectivity index (χ1n) is 8.33. The van der Waals surface area contributed by atoms with Crippen LogP contribution in [-0.4, -0.2) is 25.0 Å². The number of hydrogen-bond acceptors (Lipinski definition) is 3. The summed E-state index contributed by atoms with van der Waals surface area (Å²) in [5, 5.41) is 2.71. The van der Waals surface area contributed by atoms with Gasteiger partial charge in [0.15, 0.2) is 0 Å². The summed E-state index contributed by atoms with van der Waals surface area (Å²) in [6.45, 7) is 0.0511. The van der Waals surface area contributed by atoms with Crippen LogP contribution < -0.4 is 11.0 Å². The van der Waals surface area contributed by atoms with Gasteiger partial charge in [-0.3, -0.25) is 9.36 Å². The van der Waals surface area contributed by atoms with Crippen LogP contribution in [0.3, 0.4) is 0 Å². The summed E-state index contributed by atoms with van der Waals surface area (Å²) in [7, 11) is 0. The number of rotatable bonds is 5. The van der Waals surface area contributed by atoms with Crippen LogP contribution in [0.25, 0.3) is 16.7 Å². The molecule has 136 valence electrons. The lowest BCUT2D eigenvalue weighted by Gasteiger charge is -2.09. The van der Waals surface area contributed by atoms with Gasteiger partial charge >= 0.3 is 5.69 Å². The summed E-state index contributed by atoms with van der Waals surface area (Å²) in [5.41, 5.74) is 1.99. The van der Waals surface area contributed by atoms with E-state index in [-0.39, 0.29) is 24.7 Å². The summed E-state index contributed by atoms with van der Waals surface area (Å²) in [5.74, 6) is -0.742. The van der Waals surface area contributed by atoms with Crippen LogP contribution in [0.15, 0.2) is 66.0 Å². The van der Waals surface area contributed by atoms with E-state index in [0.29, 0.717) is 22.3 Å². The van der Waals surface area contributed by atoms with Crippen molar-refractivity contribution in [2.45, 2.75) is 13.1 Å². The highest BCUT2D eigenvalue weighted by molar-refractivity contribution is 5.80. The minimum Gasteiger partial charge on any atom is -0.350 e. The molecule has 1 amide bonds. The second kappa shape index (κ2) is 6.91. The van der Waals surface area contributed by atoms with Gasteiger partial charge in [0.2, 0.25) is 5.91 Å². The standard InChI is InChI=1S/C19H16FN5O2/c20-14-9-13(5-6-16(14)24-8-7-21-12-24)10-22-18(26)11-25-17-4-2-1-3-15(17)23-19(25)27/h1-9,12H,10-11H2,(H,22,26)(H,23,27). The molecule has 0 atom stereocenters. The molecule has 2 N–H and O–H groups in total. The van der Waals surface area contributed by atoms with Crippen LogP contribution >= 0.6 is 0 Å².